The number of β-amino-alcohol motifs (C(OH)–C–C–N with tert-alkyl or cyclic N) is 1. The van der Waals surface area contributed by atoms with Crippen LogP contribution in [0.1, 0.15) is 35.5 Å². The van der Waals surface area contributed by atoms with Crippen LogP contribution in [0.4, 0.5) is 0 Å². The van der Waals surface area contributed by atoms with Crippen molar-refractivity contribution in [1.29, 1.82) is 0 Å². The Morgan fingerprint density at radius 2 is 2.39 bits per heavy atom. The lowest BCUT2D eigenvalue weighted by molar-refractivity contribution is -0.108. The monoisotopic (exact) mass is 269 g/mol. The van der Waals surface area contributed by atoms with E-state index in [2.05, 4.69) is 4.90 Å². The predicted octanol–water partition coefficient (Wildman–Crippen LogP) is 1.27. The van der Waals surface area contributed by atoms with Gasteiger partial charge in [-0.15, -0.1) is 11.3 Å². The number of aliphatic hydroxyl groups is 2. The Morgan fingerprint density at radius 1 is 1.67 bits per heavy atom. The number of aliphatic hydroxyl groups excluding tert-OH is 1. The highest BCUT2D eigenvalue weighted by atomic mass is 32.1. The SMILES string of the molecule is CC(=O)c1cc(CN2CC[C@](C)(O)[C@@H](O)C2)cs1. The zero-order valence-corrected chi connectivity index (χ0v) is 11.5. The largest absolute Gasteiger partial charge is 0.389 e. The number of Topliss-reactive ketones (excluding diaryl/α,β-unsaturated/α-hetero) is 1. The van der Waals surface area contributed by atoms with E-state index in [0.29, 0.717) is 13.0 Å². The van der Waals surface area contributed by atoms with Gasteiger partial charge in [0.25, 0.3) is 0 Å². The fraction of sp³-hybridized carbons (Fsp3) is 0.615. The van der Waals surface area contributed by atoms with E-state index in [9.17, 15) is 15.0 Å². The summed E-state index contributed by atoms with van der Waals surface area (Å²) in [6, 6.07) is 1.91. The number of ketones is 1. The van der Waals surface area contributed by atoms with E-state index >= 15 is 0 Å². The van der Waals surface area contributed by atoms with Crippen LogP contribution >= 0.6 is 11.3 Å². The summed E-state index contributed by atoms with van der Waals surface area (Å²) in [6.45, 7) is 5.19. The van der Waals surface area contributed by atoms with Crippen LogP contribution in [-0.4, -0.2) is 45.7 Å². The topological polar surface area (TPSA) is 60.8 Å². The molecule has 0 amide bonds. The van der Waals surface area contributed by atoms with Crippen LogP contribution in [0.3, 0.4) is 0 Å². The average Bonchev–Trinajstić information content (AvgIpc) is 2.73. The summed E-state index contributed by atoms with van der Waals surface area (Å²) < 4.78 is 0. The lowest BCUT2D eigenvalue weighted by atomic mass is 9.90. The highest BCUT2D eigenvalue weighted by Gasteiger charge is 2.36. The molecule has 0 saturated carbocycles. The van der Waals surface area contributed by atoms with Crippen molar-refractivity contribution in [3.8, 4) is 0 Å². The van der Waals surface area contributed by atoms with Crippen molar-refractivity contribution in [3.05, 3.63) is 21.9 Å². The molecule has 2 atom stereocenters. The Bertz CT molecular complexity index is 441. The van der Waals surface area contributed by atoms with Crippen molar-refractivity contribution < 1.29 is 15.0 Å². The Balaban J connectivity index is 1.96. The molecule has 2 rings (SSSR count). The third-order valence-electron chi connectivity index (χ3n) is 3.49. The van der Waals surface area contributed by atoms with E-state index in [-0.39, 0.29) is 5.78 Å². The minimum Gasteiger partial charge on any atom is -0.389 e. The normalized spacial score (nSPS) is 29.4. The second-order valence-corrected chi connectivity index (χ2v) is 6.14. The summed E-state index contributed by atoms with van der Waals surface area (Å²) in [6.07, 6.45) is -0.144. The molecule has 2 heterocycles. The first-order valence-electron chi connectivity index (χ1n) is 6.09. The number of hydrogen-bond donors (Lipinski definition) is 2. The Hall–Kier alpha value is -0.750. The van der Waals surface area contributed by atoms with Crippen LogP contribution in [-0.2, 0) is 6.54 Å². The molecule has 0 spiro atoms. The highest BCUT2D eigenvalue weighted by molar-refractivity contribution is 7.12. The first-order valence-corrected chi connectivity index (χ1v) is 6.97. The van der Waals surface area contributed by atoms with Gasteiger partial charge in [-0.05, 0) is 37.3 Å². The first-order chi connectivity index (χ1) is 8.38. The molecular formula is C13H19NO3S. The second kappa shape index (κ2) is 5.09. The van der Waals surface area contributed by atoms with Gasteiger partial charge in [-0.25, -0.2) is 0 Å². The molecule has 5 heteroatoms. The molecule has 4 nitrogen and oxygen atoms in total. The van der Waals surface area contributed by atoms with Gasteiger partial charge < -0.3 is 10.2 Å². The molecule has 0 radical (unpaired) electrons. The quantitative estimate of drug-likeness (QED) is 0.811. The summed E-state index contributed by atoms with van der Waals surface area (Å²) >= 11 is 1.46. The van der Waals surface area contributed by atoms with Gasteiger partial charge in [0.2, 0.25) is 0 Å². The van der Waals surface area contributed by atoms with Crippen LogP contribution in [0, 0.1) is 0 Å². The Labute approximate surface area is 111 Å². The van der Waals surface area contributed by atoms with Crippen molar-refractivity contribution in [2.24, 2.45) is 0 Å². The maximum absolute atomic E-state index is 11.2. The summed E-state index contributed by atoms with van der Waals surface area (Å²) in [5.41, 5.74) is 0.120. The van der Waals surface area contributed by atoms with E-state index in [1.54, 1.807) is 13.8 Å². The molecule has 0 aliphatic carbocycles. The van der Waals surface area contributed by atoms with Crippen LogP contribution in [0.5, 0.6) is 0 Å². The van der Waals surface area contributed by atoms with Gasteiger partial charge in [0.15, 0.2) is 5.78 Å². The van der Waals surface area contributed by atoms with E-state index < -0.39 is 11.7 Å². The highest BCUT2D eigenvalue weighted by Crippen LogP contribution is 2.24. The minimum atomic E-state index is -0.976. The van der Waals surface area contributed by atoms with E-state index in [0.717, 1.165) is 23.5 Å². The van der Waals surface area contributed by atoms with Crippen LogP contribution < -0.4 is 0 Å². The van der Waals surface area contributed by atoms with Crippen LogP contribution in [0.15, 0.2) is 11.4 Å². The number of carbonyl (C=O) groups is 1. The smallest absolute Gasteiger partial charge is 0.169 e. The van der Waals surface area contributed by atoms with E-state index in [1.807, 2.05) is 11.4 Å². The van der Waals surface area contributed by atoms with Gasteiger partial charge in [-0.3, -0.25) is 9.69 Å². The predicted molar refractivity (Wildman–Crippen MR) is 70.8 cm³/mol. The summed E-state index contributed by atoms with van der Waals surface area (Å²) in [7, 11) is 0. The molecule has 0 bridgehead atoms. The number of thiophene rings is 1. The van der Waals surface area contributed by atoms with Crippen molar-refractivity contribution >= 4 is 17.1 Å². The number of nitrogens with zero attached hydrogens (tertiary/aromatic N) is 1. The molecular weight excluding hydrogens is 250 g/mol. The number of piperidine rings is 1. The lowest BCUT2D eigenvalue weighted by Crippen LogP contribution is -2.53. The second-order valence-electron chi connectivity index (χ2n) is 5.23. The Morgan fingerprint density at radius 3 is 2.94 bits per heavy atom. The summed E-state index contributed by atoms with van der Waals surface area (Å²) in [5, 5.41) is 21.7. The minimum absolute atomic E-state index is 0.0906. The maximum atomic E-state index is 11.2. The van der Waals surface area contributed by atoms with Crippen molar-refractivity contribution in [3.63, 3.8) is 0 Å². The zero-order valence-electron chi connectivity index (χ0n) is 10.7. The number of carbonyl (C=O) groups excluding carboxylic acids is 1. The molecule has 1 aliphatic heterocycles. The molecule has 1 aromatic heterocycles. The number of hydrogen-bond acceptors (Lipinski definition) is 5. The zero-order chi connectivity index (χ0) is 13.3. The average molecular weight is 269 g/mol. The number of rotatable bonds is 3. The van der Waals surface area contributed by atoms with Gasteiger partial charge in [0.1, 0.15) is 0 Å². The van der Waals surface area contributed by atoms with Gasteiger partial charge in [-0.2, -0.15) is 0 Å². The van der Waals surface area contributed by atoms with Crippen molar-refractivity contribution in [2.45, 2.75) is 38.5 Å². The summed E-state index contributed by atoms with van der Waals surface area (Å²) in [5.74, 6) is 0.0906. The number of likely N-dealkylation sites (tertiary alicyclic amines) is 1. The van der Waals surface area contributed by atoms with Gasteiger partial charge >= 0.3 is 0 Å². The third-order valence-corrected chi connectivity index (χ3v) is 4.57. The van der Waals surface area contributed by atoms with Gasteiger partial charge in [0, 0.05) is 19.6 Å². The Kier molecular flexibility index (Phi) is 3.87. The molecule has 1 fully saturated rings. The fourth-order valence-corrected chi connectivity index (χ4v) is 2.93. The fourth-order valence-electron chi connectivity index (χ4n) is 2.13. The van der Waals surface area contributed by atoms with Crippen molar-refractivity contribution in [1.82, 2.24) is 4.90 Å². The van der Waals surface area contributed by atoms with Crippen LogP contribution in [0.2, 0.25) is 0 Å². The molecule has 0 unspecified atom stereocenters. The van der Waals surface area contributed by atoms with Gasteiger partial charge in [-0.1, -0.05) is 0 Å². The molecule has 1 aliphatic rings. The van der Waals surface area contributed by atoms with Crippen LogP contribution in [0.25, 0.3) is 0 Å². The van der Waals surface area contributed by atoms with Crippen molar-refractivity contribution in [2.75, 3.05) is 13.1 Å². The van der Waals surface area contributed by atoms with Gasteiger partial charge in [0.05, 0.1) is 16.6 Å². The van der Waals surface area contributed by atoms with E-state index in [4.69, 9.17) is 0 Å². The van der Waals surface area contributed by atoms with E-state index in [1.165, 1.54) is 11.3 Å². The standard InChI is InChI=1S/C13H19NO3S/c1-9(15)11-5-10(8-18-11)6-14-4-3-13(2,17)12(16)7-14/h5,8,12,16-17H,3-4,6-7H2,1-2H3/t12-,13-/m0/s1. The molecule has 1 saturated heterocycles. The molecule has 18 heavy (non-hydrogen) atoms. The first kappa shape index (κ1) is 13.7. The molecule has 2 N–H and O–H groups in total. The maximum Gasteiger partial charge on any atom is 0.169 e. The molecule has 1 aromatic rings. The third kappa shape index (κ3) is 2.98. The summed E-state index contributed by atoms with van der Waals surface area (Å²) in [4.78, 5) is 14.1. The molecule has 100 valence electrons. The lowest BCUT2D eigenvalue weighted by Gasteiger charge is -2.39. The molecule has 0 aromatic carbocycles.